The van der Waals surface area contributed by atoms with Crippen molar-refractivity contribution in [3.63, 3.8) is 0 Å². The molecule has 0 heterocycles. The fourth-order valence-electron chi connectivity index (χ4n) is 1.24. The lowest BCUT2D eigenvalue weighted by atomic mass is 10.1. The van der Waals surface area contributed by atoms with Gasteiger partial charge in [0, 0.05) is 6.61 Å². The number of hydrogen-bond acceptors (Lipinski definition) is 4. The molecule has 92 valence electrons. The van der Waals surface area contributed by atoms with Crippen LogP contribution in [0, 0.1) is 0 Å². The van der Waals surface area contributed by atoms with Crippen molar-refractivity contribution in [2.45, 2.75) is 12.8 Å². The van der Waals surface area contributed by atoms with Gasteiger partial charge < -0.3 is 14.9 Å². The van der Waals surface area contributed by atoms with Gasteiger partial charge in [0.2, 0.25) is 0 Å². The van der Waals surface area contributed by atoms with E-state index in [0.29, 0.717) is 12.8 Å². The predicted molar refractivity (Wildman–Crippen MR) is 60.0 cm³/mol. The van der Waals surface area contributed by atoms with Crippen LogP contribution >= 0.6 is 0 Å². The zero-order valence-electron chi connectivity index (χ0n) is 9.26. The quantitative estimate of drug-likeness (QED) is 0.576. The van der Waals surface area contributed by atoms with Crippen molar-refractivity contribution in [1.29, 1.82) is 0 Å². The third-order valence-electron chi connectivity index (χ3n) is 2.13. The molecule has 17 heavy (non-hydrogen) atoms. The molecule has 0 fully saturated rings. The number of aliphatic hydroxyl groups excluding tert-OH is 1. The molecule has 5 nitrogen and oxygen atoms in total. The first-order chi connectivity index (χ1) is 8.15. The predicted octanol–water partition coefficient (Wildman–Crippen LogP) is 1.31. The molecule has 0 amide bonds. The number of carbonyl (C=O) groups is 2. The number of unbranched alkanes of at least 4 members (excludes halogenated alkanes) is 1. The molecule has 0 bridgehead atoms. The van der Waals surface area contributed by atoms with Crippen LogP contribution in [0.25, 0.3) is 0 Å². The third-order valence-corrected chi connectivity index (χ3v) is 2.13. The molecule has 0 aliphatic heterocycles. The smallest absolute Gasteiger partial charge is 0.338 e. The summed E-state index contributed by atoms with van der Waals surface area (Å²) in [5, 5.41) is 17.3. The van der Waals surface area contributed by atoms with E-state index in [9.17, 15) is 9.59 Å². The van der Waals surface area contributed by atoms with Crippen LogP contribution < -0.4 is 0 Å². The summed E-state index contributed by atoms with van der Waals surface area (Å²) in [4.78, 5) is 22.2. The molecule has 0 unspecified atom stereocenters. The van der Waals surface area contributed by atoms with Crippen molar-refractivity contribution in [1.82, 2.24) is 0 Å². The molecular weight excluding hydrogens is 224 g/mol. The van der Waals surface area contributed by atoms with E-state index >= 15 is 0 Å². The molecule has 0 aliphatic rings. The average molecular weight is 238 g/mol. The summed E-state index contributed by atoms with van der Waals surface area (Å²) in [6.45, 7) is 0.280. The molecule has 0 radical (unpaired) electrons. The van der Waals surface area contributed by atoms with Gasteiger partial charge in [-0.1, -0.05) is 6.07 Å². The Balaban J connectivity index is 2.56. The third kappa shape index (κ3) is 4.24. The maximum absolute atomic E-state index is 11.5. The van der Waals surface area contributed by atoms with E-state index in [4.69, 9.17) is 14.9 Å². The monoisotopic (exact) mass is 238 g/mol. The molecule has 0 saturated carbocycles. The van der Waals surface area contributed by atoms with Crippen LogP contribution in [0.2, 0.25) is 0 Å². The van der Waals surface area contributed by atoms with Gasteiger partial charge in [0.25, 0.3) is 0 Å². The van der Waals surface area contributed by atoms with Gasteiger partial charge >= 0.3 is 11.9 Å². The first-order valence-electron chi connectivity index (χ1n) is 5.26. The first kappa shape index (κ1) is 13.2. The van der Waals surface area contributed by atoms with E-state index in [1.807, 2.05) is 0 Å². The van der Waals surface area contributed by atoms with Crippen molar-refractivity contribution in [3.05, 3.63) is 35.4 Å². The minimum Gasteiger partial charge on any atom is -0.478 e. The lowest BCUT2D eigenvalue weighted by molar-refractivity contribution is 0.0492. The number of rotatable bonds is 6. The van der Waals surface area contributed by atoms with Gasteiger partial charge in [-0.05, 0) is 31.0 Å². The van der Waals surface area contributed by atoms with Gasteiger partial charge in [-0.3, -0.25) is 0 Å². The fourth-order valence-corrected chi connectivity index (χ4v) is 1.24. The lowest BCUT2D eigenvalue weighted by Crippen LogP contribution is -2.08. The maximum Gasteiger partial charge on any atom is 0.338 e. The van der Waals surface area contributed by atoms with E-state index in [1.54, 1.807) is 0 Å². The molecule has 0 aromatic heterocycles. The number of benzene rings is 1. The van der Waals surface area contributed by atoms with Gasteiger partial charge in [0.05, 0.1) is 17.7 Å². The molecule has 2 N–H and O–H groups in total. The van der Waals surface area contributed by atoms with Crippen LogP contribution in [-0.2, 0) is 4.74 Å². The zero-order chi connectivity index (χ0) is 12.7. The summed E-state index contributed by atoms with van der Waals surface area (Å²) in [7, 11) is 0. The summed E-state index contributed by atoms with van der Waals surface area (Å²) >= 11 is 0. The van der Waals surface area contributed by atoms with Gasteiger partial charge in [-0.25, -0.2) is 9.59 Å². The molecule has 0 atom stereocenters. The van der Waals surface area contributed by atoms with Crippen LogP contribution in [0.3, 0.4) is 0 Å². The number of esters is 1. The SMILES string of the molecule is O=C(O)c1cccc(C(=O)OCCCCO)c1. The maximum atomic E-state index is 11.5. The van der Waals surface area contributed by atoms with Gasteiger partial charge in [-0.15, -0.1) is 0 Å². The van der Waals surface area contributed by atoms with E-state index in [2.05, 4.69) is 0 Å². The van der Waals surface area contributed by atoms with E-state index < -0.39 is 11.9 Å². The number of hydrogen-bond donors (Lipinski definition) is 2. The van der Waals surface area contributed by atoms with Crippen LogP contribution in [0.1, 0.15) is 33.6 Å². The largest absolute Gasteiger partial charge is 0.478 e. The summed E-state index contributed by atoms with van der Waals surface area (Å²) in [6, 6.07) is 5.68. The second-order valence-electron chi connectivity index (χ2n) is 3.45. The highest BCUT2D eigenvalue weighted by molar-refractivity contribution is 5.94. The highest BCUT2D eigenvalue weighted by Gasteiger charge is 2.10. The van der Waals surface area contributed by atoms with Crippen molar-refractivity contribution in [2.75, 3.05) is 13.2 Å². The minimum atomic E-state index is -1.08. The summed E-state index contributed by atoms with van der Waals surface area (Å²) in [5.74, 6) is -1.63. The molecular formula is C12H14O5. The molecule has 0 aliphatic carbocycles. The second kappa shape index (κ2) is 6.65. The van der Waals surface area contributed by atoms with Crippen LogP contribution in [-0.4, -0.2) is 35.4 Å². The zero-order valence-corrected chi connectivity index (χ0v) is 9.26. The van der Waals surface area contributed by atoms with E-state index in [1.165, 1.54) is 24.3 Å². The highest BCUT2D eigenvalue weighted by Crippen LogP contribution is 2.07. The van der Waals surface area contributed by atoms with Gasteiger partial charge in [-0.2, -0.15) is 0 Å². The number of carbonyl (C=O) groups excluding carboxylic acids is 1. The minimum absolute atomic E-state index is 0.0507. The van der Waals surface area contributed by atoms with Gasteiger partial charge in [0.1, 0.15) is 0 Å². The Morgan fingerprint density at radius 1 is 1.18 bits per heavy atom. The Kier molecular flexibility index (Phi) is 5.16. The molecule has 1 aromatic carbocycles. The highest BCUT2D eigenvalue weighted by atomic mass is 16.5. The Labute approximate surface area is 98.6 Å². The van der Waals surface area contributed by atoms with Crippen molar-refractivity contribution < 1.29 is 24.5 Å². The number of ether oxygens (including phenoxy) is 1. The molecule has 1 aromatic rings. The van der Waals surface area contributed by atoms with E-state index in [-0.39, 0.29) is 24.3 Å². The van der Waals surface area contributed by atoms with Crippen molar-refractivity contribution in [2.24, 2.45) is 0 Å². The lowest BCUT2D eigenvalue weighted by Gasteiger charge is -2.04. The van der Waals surface area contributed by atoms with E-state index in [0.717, 1.165) is 0 Å². The summed E-state index contributed by atoms with van der Waals surface area (Å²) in [6.07, 6.45) is 1.16. The molecule has 5 heteroatoms. The Bertz CT molecular complexity index is 400. The number of carboxylic acid groups (broad SMARTS) is 1. The Morgan fingerprint density at radius 2 is 1.88 bits per heavy atom. The summed E-state index contributed by atoms with van der Waals surface area (Å²) < 4.78 is 4.92. The molecule has 0 saturated heterocycles. The van der Waals surface area contributed by atoms with Crippen LogP contribution in [0.4, 0.5) is 0 Å². The topological polar surface area (TPSA) is 83.8 Å². The molecule has 1 rings (SSSR count). The molecule has 0 spiro atoms. The van der Waals surface area contributed by atoms with Crippen LogP contribution in [0.15, 0.2) is 24.3 Å². The number of aliphatic hydroxyl groups is 1. The van der Waals surface area contributed by atoms with Crippen molar-refractivity contribution in [3.8, 4) is 0 Å². The van der Waals surface area contributed by atoms with Crippen LogP contribution in [0.5, 0.6) is 0 Å². The standard InChI is InChI=1S/C12H14O5/c13-6-1-2-7-17-12(16)10-5-3-4-9(8-10)11(14)15/h3-5,8,13H,1-2,6-7H2,(H,14,15). The Morgan fingerprint density at radius 3 is 2.53 bits per heavy atom. The van der Waals surface area contributed by atoms with Gasteiger partial charge in [0.15, 0.2) is 0 Å². The fraction of sp³-hybridized carbons (Fsp3) is 0.333. The number of aromatic carboxylic acids is 1. The normalized spacial score (nSPS) is 9.94. The van der Waals surface area contributed by atoms with Crippen molar-refractivity contribution >= 4 is 11.9 Å². The second-order valence-corrected chi connectivity index (χ2v) is 3.45. The summed E-state index contributed by atoms with van der Waals surface area (Å²) in [5.41, 5.74) is 0.267. The first-order valence-corrected chi connectivity index (χ1v) is 5.26. The average Bonchev–Trinajstić information content (AvgIpc) is 2.34. The number of carboxylic acids is 1. The Hall–Kier alpha value is -1.88.